The van der Waals surface area contributed by atoms with E-state index in [0.29, 0.717) is 16.8 Å². The Balaban J connectivity index is 1.55. The van der Waals surface area contributed by atoms with Gasteiger partial charge in [-0.2, -0.15) is 10.2 Å². The molecule has 0 aliphatic carbocycles. The third-order valence-electron chi connectivity index (χ3n) is 5.12. The number of nitrogens with two attached hydrogens (primary N) is 1. The van der Waals surface area contributed by atoms with Crippen LogP contribution in [0.5, 0.6) is 0 Å². The van der Waals surface area contributed by atoms with Crippen LogP contribution in [0.1, 0.15) is 18.9 Å². The second-order valence-corrected chi connectivity index (χ2v) is 8.12. The van der Waals surface area contributed by atoms with Crippen molar-refractivity contribution in [3.05, 3.63) is 55.0 Å². The second kappa shape index (κ2) is 7.49. The molecule has 3 N–H and O–H groups in total. The van der Waals surface area contributed by atoms with E-state index >= 15 is 0 Å². The van der Waals surface area contributed by atoms with Crippen LogP contribution in [0.15, 0.2) is 59.1 Å². The van der Waals surface area contributed by atoms with Crippen LogP contribution < -0.4 is 11.1 Å². The summed E-state index contributed by atoms with van der Waals surface area (Å²) in [6, 6.07) is 5.33. The highest BCUT2D eigenvalue weighted by Gasteiger charge is 2.18. The fourth-order valence-electron chi connectivity index (χ4n) is 3.64. The van der Waals surface area contributed by atoms with Crippen LogP contribution in [0.25, 0.3) is 16.6 Å². The molecule has 1 aliphatic heterocycles. The third-order valence-corrected chi connectivity index (χ3v) is 6.14. The van der Waals surface area contributed by atoms with Gasteiger partial charge in [0, 0.05) is 41.2 Å². The molecule has 5 heterocycles. The number of piperidine rings is 1. The average Bonchev–Trinajstić information content (AvgIpc) is 3.38. The molecule has 0 aromatic carbocycles. The van der Waals surface area contributed by atoms with Gasteiger partial charge in [0.1, 0.15) is 10.5 Å². The number of halogens is 1. The number of nitrogens with zero attached hydrogens (tertiary/aromatic N) is 5. The molecule has 148 valence electrons. The van der Waals surface area contributed by atoms with Gasteiger partial charge in [0.2, 0.25) is 0 Å². The van der Waals surface area contributed by atoms with Crippen molar-refractivity contribution in [2.45, 2.75) is 28.8 Å². The first-order valence-corrected chi connectivity index (χ1v) is 10.3. The minimum absolute atomic E-state index is 0.302. The van der Waals surface area contributed by atoms with Crippen molar-refractivity contribution in [1.29, 1.82) is 0 Å². The third kappa shape index (κ3) is 3.47. The summed E-state index contributed by atoms with van der Waals surface area (Å²) in [4.78, 5) is 4.95. The van der Waals surface area contributed by atoms with E-state index in [2.05, 4.69) is 26.7 Å². The Morgan fingerprint density at radius 2 is 2.14 bits per heavy atom. The maximum Gasteiger partial charge on any atom is 0.155 e. The van der Waals surface area contributed by atoms with E-state index in [4.69, 9.17) is 5.73 Å². The van der Waals surface area contributed by atoms with Gasteiger partial charge >= 0.3 is 0 Å². The molecule has 1 saturated heterocycles. The van der Waals surface area contributed by atoms with Crippen LogP contribution in [0.2, 0.25) is 0 Å². The summed E-state index contributed by atoms with van der Waals surface area (Å²) in [5, 5.41) is 12.6. The highest BCUT2D eigenvalue weighted by molar-refractivity contribution is 7.99. The van der Waals surface area contributed by atoms with E-state index in [1.807, 2.05) is 23.1 Å². The van der Waals surface area contributed by atoms with Crippen LogP contribution >= 0.6 is 11.8 Å². The van der Waals surface area contributed by atoms with E-state index in [1.165, 1.54) is 17.8 Å². The zero-order valence-electron chi connectivity index (χ0n) is 15.6. The van der Waals surface area contributed by atoms with Gasteiger partial charge in [-0.3, -0.25) is 4.68 Å². The lowest BCUT2D eigenvalue weighted by Gasteiger charge is -2.22. The maximum atomic E-state index is 14.2. The number of rotatable bonds is 4. The molecular weight excluding hydrogens is 389 g/mol. The lowest BCUT2D eigenvalue weighted by molar-refractivity contribution is 0.347. The van der Waals surface area contributed by atoms with E-state index in [-0.39, 0.29) is 5.82 Å². The molecule has 4 aromatic heterocycles. The summed E-state index contributed by atoms with van der Waals surface area (Å²) in [5.41, 5.74) is 9.33. The first-order chi connectivity index (χ1) is 14.2. The van der Waals surface area contributed by atoms with Crippen LogP contribution in [-0.4, -0.2) is 37.5 Å². The SMILES string of the molecule is Nc1cnn2cc(-c3cnn(C4CCCNC4)c3)cc(Sc3ncccc3F)c12. The molecule has 0 amide bonds. The van der Waals surface area contributed by atoms with Crippen molar-refractivity contribution in [2.75, 3.05) is 18.8 Å². The molecule has 1 unspecified atom stereocenters. The zero-order valence-corrected chi connectivity index (χ0v) is 16.4. The zero-order chi connectivity index (χ0) is 19.8. The number of nitrogen functional groups attached to an aromatic ring is 1. The molecule has 5 rings (SSSR count). The summed E-state index contributed by atoms with van der Waals surface area (Å²) in [6.45, 7) is 1.99. The number of aromatic nitrogens is 5. The molecule has 0 radical (unpaired) electrons. The number of fused-ring (bicyclic) bond motifs is 1. The minimum atomic E-state index is -0.364. The fraction of sp³-hybridized carbons (Fsp3) is 0.250. The van der Waals surface area contributed by atoms with E-state index < -0.39 is 0 Å². The van der Waals surface area contributed by atoms with Crippen molar-refractivity contribution in [3.8, 4) is 11.1 Å². The molecule has 9 heteroatoms. The predicted octanol–water partition coefficient (Wildman–Crippen LogP) is 3.39. The highest BCUT2D eigenvalue weighted by atomic mass is 32.2. The summed E-state index contributed by atoms with van der Waals surface area (Å²) in [6.07, 6.45) is 11.3. The lowest BCUT2D eigenvalue weighted by Crippen LogP contribution is -2.31. The molecule has 0 bridgehead atoms. The second-order valence-electron chi connectivity index (χ2n) is 7.09. The molecule has 0 saturated carbocycles. The number of anilines is 1. The lowest BCUT2D eigenvalue weighted by atomic mass is 10.1. The number of pyridine rings is 2. The molecule has 1 atom stereocenters. The van der Waals surface area contributed by atoms with E-state index in [0.717, 1.165) is 47.5 Å². The summed E-state index contributed by atoms with van der Waals surface area (Å²) < 4.78 is 17.9. The monoisotopic (exact) mass is 409 g/mol. The van der Waals surface area contributed by atoms with Crippen molar-refractivity contribution in [3.63, 3.8) is 0 Å². The summed E-state index contributed by atoms with van der Waals surface area (Å²) >= 11 is 1.24. The molecule has 1 aliphatic rings. The maximum absolute atomic E-state index is 14.2. The number of hydrogen-bond donors (Lipinski definition) is 2. The average molecular weight is 409 g/mol. The Bertz CT molecular complexity index is 1160. The van der Waals surface area contributed by atoms with E-state index in [1.54, 1.807) is 23.0 Å². The van der Waals surface area contributed by atoms with Crippen molar-refractivity contribution in [2.24, 2.45) is 0 Å². The van der Waals surface area contributed by atoms with Gasteiger partial charge in [-0.25, -0.2) is 13.9 Å². The number of nitrogens with one attached hydrogen (secondary N) is 1. The fourth-order valence-corrected chi connectivity index (χ4v) is 4.62. The van der Waals surface area contributed by atoms with Crippen molar-refractivity contribution < 1.29 is 4.39 Å². The van der Waals surface area contributed by atoms with Crippen LogP contribution in [0.4, 0.5) is 10.1 Å². The van der Waals surface area contributed by atoms with Crippen LogP contribution in [0, 0.1) is 5.82 Å². The van der Waals surface area contributed by atoms with Gasteiger partial charge in [-0.05, 0) is 37.6 Å². The summed E-state index contributed by atoms with van der Waals surface area (Å²) in [7, 11) is 0. The smallest absolute Gasteiger partial charge is 0.155 e. The topological polar surface area (TPSA) is 86.1 Å². The van der Waals surface area contributed by atoms with Gasteiger partial charge in [-0.1, -0.05) is 11.8 Å². The van der Waals surface area contributed by atoms with Gasteiger partial charge in [0.25, 0.3) is 0 Å². The largest absolute Gasteiger partial charge is 0.396 e. The molecular formula is C20H20FN7S. The van der Waals surface area contributed by atoms with Gasteiger partial charge in [-0.15, -0.1) is 0 Å². The Morgan fingerprint density at radius 3 is 2.97 bits per heavy atom. The van der Waals surface area contributed by atoms with Crippen LogP contribution in [-0.2, 0) is 0 Å². The Morgan fingerprint density at radius 1 is 1.21 bits per heavy atom. The van der Waals surface area contributed by atoms with E-state index in [9.17, 15) is 4.39 Å². The molecule has 4 aromatic rings. The standard InChI is InChI=1S/C20H20FN7S/c21-16-4-2-6-24-20(16)29-18-7-13(11-28-19(18)17(22)10-26-28)14-8-25-27(12-14)15-3-1-5-23-9-15/h2,4,6-8,10-12,15,23H,1,3,5,9,22H2. The molecule has 29 heavy (non-hydrogen) atoms. The minimum Gasteiger partial charge on any atom is -0.396 e. The molecule has 7 nitrogen and oxygen atoms in total. The molecule has 1 fully saturated rings. The highest BCUT2D eigenvalue weighted by Crippen LogP contribution is 2.36. The first-order valence-electron chi connectivity index (χ1n) is 9.49. The predicted molar refractivity (Wildman–Crippen MR) is 110 cm³/mol. The van der Waals surface area contributed by atoms with Crippen LogP contribution in [0.3, 0.4) is 0 Å². The Labute approximate surface area is 171 Å². The number of hydrogen-bond acceptors (Lipinski definition) is 6. The van der Waals surface area contributed by atoms with Gasteiger partial charge in [0.15, 0.2) is 5.82 Å². The van der Waals surface area contributed by atoms with Gasteiger partial charge < -0.3 is 11.1 Å². The summed E-state index contributed by atoms with van der Waals surface area (Å²) in [5.74, 6) is -0.364. The normalized spacial score (nSPS) is 17.1. The Hall–Kier alpha value is -2.91. The molecule has 0 spiro atoms. The van der Waals surface area contributed by atoms with Crippen molar-refractivity contribution >= 4 is 23.0 Å². The van der Waals surface area contributed by atoms with Gasteiger partial charge in [0.05, 0.1) is 24.1 Å². The first kappa shape index (κ1) is 18.1. The Kier molecular flexibility index (Phi) is 4.69. The van der Waals surface area contributed by atoms with Crippen molar-refractivity contribution in [1.82, 2.24) is 29.7 Å². The quantitative estimate of drug-likeness (QED) is 0.537.